The monoisotopic (exact) mass is 269 g/mol. The predicted molar refractivity (Wildman–Crippen MR) is 71.5 cm³/mol. The topological polar surface area (TPSA) is 63.9 Å². The minimum absolute atomic E-state index is 0.164. The number of amides is 1. The van der Waals surface area contributed by atoms with Crippen molar-refractivity contribution in [2.75, 3.05) is 0 Å². The Kier molecular flexibility index (Phi) is 2.39. The molecule has 2 aliphatic rings. The van der Waals surface area contributed by atoms with Crippen LogP contribution in [0.1, 0.15) is 31.6 Å². The van der Waals surface area contributed by atoms with Gasteiger partial charge in [-0.3, -0.25) is 14.3 Å². The van der Waals surface area contributed by atoms with Crippen LogP contribution >= 0.6 is 0 Å². The third-order valence-corrected chi connectivity index (χ3v) is 3.99. The first-order valence-electron chi connectivity index (χ1n) is 6.91. The molecule has 1 unspecified atom stereocenters. The molecule has 2 aromatic rings. The highest BCUT2D eigenvalue weighted by Crippen LogP contribution is 2.34. The third-order valence-electron chi connectivity index (χ3n) is 3.99. The Bertz CT molecular complexity index is 661. The molecule has 1 amide bonds. The summed E-state index contributed by atoms with van der Waals surface area (Å²) in [5.74, 6) is 1.69. The lowest BCUT2D eigenvalue weighted by atomic mass is 10.2. The minimum atomic E-state index is -0.258. The lowest BCUT2D eigenvalue weighted by Gasteiger charge is -2.32. The molecule has 6 heteroatoms. The maximum atomic E-state index is 12.5. The second-order valence-electron chi connectivity index (χ2n) is 5.40. The van der Waals surface area contributed by atoms with Crippen LogP contribution in [0.25, 0.3) is 11.5 Å². The Morgan fingerprint density at radius 3 is 2.80 bits per heavy atom. The summed E-state index contributed by atoms with van der Waals surface area (Å²) < 4.78 is 1.92. The number of aromatic nitrogens is 4. The van der Waals surface area contributed by atoms with E-state index in [2.05, 4.69) is 15.2 Å². The summed E-state index contributed by atoms with van der Waals surface area (Å²) in [6.45, 7) is 2.48. The van der Waals surface area contributed by atoms with Crippen molar-refractivity contribution < 1.29 is 4.79 Å². The maximum absolute atomic E-state index is 12.5. The van der Waals surface area contributed by atoms with Crippen molar-refractivity contribution in [1.82, 2.24) is 24.6 Å². The van der Waals surface area contributed by atoms with Crippen LogP contribution in [0.4, 0.5) is 0 Å². The molecular weight excluding hydrogens is 254 g/mol. The van der Waals surface area contributed by atoms with Crippen molar-refractivity contribution in [3.8, 4) is 11.5 Å². The highest BCUT2D eigenvalue weighted by molar-refractivity contribution is 5.82. The van der Waals surface area contributed by atoms with Gasteiger partial charge in [0.2, 0.25) is 5.91 Å². The van der Waals surface area contributed by atoms with Crippen LogP contribution in [-0.4, -0.2) is 36.6 Å². The van der Waals surface area contributed by atoms with E-state index in [0.29, 0.717) is 18.4 Å². The Morgan fingerprint density at radius 1 is 1.25 bits per heavy atom. The van der Waals surface area contributed by atoms with Gasteiger partial charge < -0.3 is 4.90 Å². The SMILES string of the molecule is CC1C(=O)N(C2CC2)Cc2nnc(-c3ccccn3)n21. The largest absolute Gasteiger partial charge is 0.330 e. The highest BCUT2D eigenvalue weighted by Gasteiger charge is 2.40. The van der Waals surface area contributed by atoms with Crippen LogP contribution in [0, 0.1) is 0 Å². The first-order valence-corrected chi connectivity index (χ1v) is 6.91. The Balaban J connectivity index is 1.78. The molecule has 0 aromatic carbocycles. The van der Waals surface area contributed by atoms with E-state index in [0.717, 1.165) is 24.4 Å². The van der Waals surface area contributed by atoms with Crippen LogP contribution in [0.2, 0.25) is 0 Å². The fraction of sp³-hybridized carbons (Fsp3) is 0.429. The van der Waals surface area contributed by atoms with E-state index in [1.165, 1.54) is 0 Å². The molecule has 0 N–H and O–H groups in total. The van der Waals surface area contributed by atoms with Crippen molar-refractivity contribution in [2.24, 2.45) is 0 Å². The standard InChI is InChI=1S/C14H15N5O/c1-9-14(20)18(10-5-6-10)8-12-16-17-13(19(9)12)11-4-2-3-7-15-11/h2-4,7,9-10H,5-6,8H2,1H3. The van der Waals surface area contributed by atoms with Gasteiger partial charge in [0.1, 0.15) is 11.7 Å². The molecule has 1 aliphatic heterocycles. The van der Waals surface area contributed by atoms with Gasteiger partial charge in [0.25, 0.3) is 0 Å². The lowest BCUT2D eigenvalue weighted by Crippen LogP contribution is -2.43. The molecule has 0 bridgehead atoms. The molecular formula is C14H15N5O. The first-order chi connectivity index (χ1) is 9.75. The van der Waals surface area contributed by atoms with Gasteiger partial charge in [-0.1, -0.05) is 6.07 Å². The van der Waals surface area contributed by atoms with Crippen LogP contribution in [0.15, 0.2) is 24.4 Å². The molecule has 2 aromatic heterocycles. The number of hydrogen-bond donors (Lipinski definition) is 0. The van der Waals surface area contributed by atoms with E-state index >= 15 is 0 Å². The molecule has 1 fully saturated rings. The van der Waals surface area contributed by atoms with Gasteiger partial charge in [-0.25, -0.2) is 0 Å². The highest BCUT2D eigenvalue weighted by atomic mass is 16.2. The molecule has 1 atom stereocenters. The van der Waals surface area contributed by atoms with Crippen LogP contribution in [0.5, 0.6) is 0 Å². The summed E-state index contributed by atoms with van der Waals surface area (Å²) in [7, 11) is 0. The smallest absolute Gasteiger partial charge is 0.246 e. The minimum Gasteiger partial charge on any atom is -0.330 e. The van der Waals surface area contributed by atoms with E-state index in [1.54, 1.807) is 6.20 Å². The second-order valence-corrected chi connectivity index (χ2v) is 5.40. The summed E-state index contributed by atoms with van der Waals surface area (Å²) in [5, 5.41) is 8.50. The molecule has 1 saturated carbocycles. The van der Waals surface area contributed by atoms with Gasteiger partial charge >= 0.3 is 0 Å². The first kappa shape index (κ1) is 11.6. The van der Waals surface area contributed by atoms with Crippen molar-refractivity contribution in [2.45, 2.75) is 38.4 Å². The molecule has 1 aliphatic carbocycles. The summed E-state index contributed by atoms with van der Waals surface area (Å²) in [4.78, 5) is 18.7. The van der Waals surface area contributed by atoms with Crippen molar-refractivity contribution in [3.63, 3.8) is 0 Å². The normalized spacial score (nSPS) is 21.9. The van der Waals surface area contributed by atoms with Crippen LogP contribution in [-0.2, 0) is 11.3 Å². The van der Waals surface area contributed by atoms with E-state index < -0.39 is 0 Å². The fourth-order valence-electron chi connectivity index (χ4n) is 2.78. The Labute approximate surface area is 116 Å². The van der Waals surface area contributed by atoms with Gasteiger partial charge in [-0.05, 0) is 31.9 Å². The quantitative estimate of drug-likeness (QED) is 0.826. The number of fused-ring (bicyclic) bond motifs is 1. The molecule has 0 saturated heterocycles. The summed E-state index contributed by atoms with van der Waals surface area (Å²) >= 11 is 0. The summed E-state index contributed by atoms with van der Waals surface area (Å²) in [5.41, 5.74) is 0.755. The molecule has 3 heterocycles. The number of hydrogen-bond acceptors (Lipinski definition) is 4. The number of carbonyl (C=O) groups excluding carboxylic acids is 1. The van der Waals surface area contributed by atoms with Crippen molar-refractivity contribution in [1.29, 1.82) is 0 Å². The zero-order chi connectivity index (χ0) is 13.7. The van der Waals surface area contributed by atoms with Crippen molar-refractivity contribution >= 4 is 5.91 Å². The molecule has 102 valence electrons. The van der Waals surface area contributed by atoms with Crippen LogP contribution in [0.3, 0.4) is 0 Å². The number of nitrogens with zero attached hydrogens (tertiary/aromatic N) is 5. The third kappa shape index (κ3) is 1.64. The summed E-state index contributed by atoms with van der Waals surface area (Å²) in [6, 6.07) is 5.82. The summed E-state index contributed by atoms with van der Waals surface area (Å²) in [6.07, 6.45) is 3.95. The average molecular weight is 269 g/mol. The Hall–Kier alpha value is -2.24. The van der Waals surface area contributed by atoms with Gasteiger partial charge in [-0.2, -0.15) is 0 Å². The lowest BCUT2D eigenvalue weighted by molar-refractivity contribution is -0.137. The fourth-order valence-corrected chi connectivity index (χ4v) is 2.78. The van der Waals surface area contributed by atoms with Gasteiger partial charge in [0.05, 0.1) is 6.54 Å². The molecule has 4 rings (SSSR count). The molecule has 0 radical (unpaired) electrons. The number of carbonyl (C=O) groups is 1. The zero-order valence-corrected chi connectivity index (χ0v) is 11.2. The van der Waals surface area contributed by atoms with E-state index in [-0.39, 0.29) is 11.9 Å². The molecule has 6 nitrogen and oxygen atoms in total. The van der Waals surface area contributed by atoms with E-state index in [9.17, 15) is 4.79 Å². The van der Waals surface area contributed by atoms with E-state index in [1.807, 2.05) is 34.6 Å². The molecule has 20 heavy (non-hydrogen) atoms. The van der Waals surface area contributed by atoms with Gasteiger partial charge in [0, 0.05) is 12.2 Å². The average Bonchev–Trinajstić information content (AvgIpc) is 3.23. The molecule has 0 spiro atoms. The maximum Gasteiger partial charge on any atom is 0.246 e. The Morgan fingerprint density at radius 2 is 2.10 bits per heavy atom. The second kappa shape index (κ2) is 4.13. The number of rotatable bonds is 2. The van der Waals surface area contributed by atoms with Crippen LogP contribution < -0.4 is 0 Å². The van der Waals surface area contributed by atoms with Gasteiger partial charge in [0.15, 0.2) is 11.6 Å². The number of pyridine rings is 1. The van der Waals surface area contributed by atoms with E-state index in [4.69, 9.17) is 0 Å². The predicted octanol–water partition coefficient (Wildman–Crippen LogP) is 1.41. The zero-order valence-electron chi connectivity index (χ0n) is 11.2. The van der Waals surface area contributed by atoms with Gasteiger partial charge in [-0.15, -0.1) is 10.2 Å². The van der Waals surface area contributed by atoms with Crippen molar-refractivity contribution in [3.05, 3.63) is 30.2 Å².